The van der Waals surface area contributed by atoms with Gasteiger partial charge >= 0.3 is 0 Å². The molecule has 1 aromatic carbocycles. The normalized spacial score (nSPS) is 29.1. The zero-order chi connectivity index (χ0) is 12.6. The van der Waals surface area contributed by atoms with Gasteiger partial charge in [0.25, 0.3) is 0 Å². The van der Waals surface area contributed by atoms with Crippen LogP contribution in [0.5, 0.6) is 0 Å². The summed E-state index contributed by atoms with van der Waals surface area (Å²) in [6, 6.07) is 8.66. The summed E-state index contributed by atoms with van der Waals surface area (Å²) in [5.74, 6) is 0.537. The second-order valence-electron chi connectivity index (χ2n) is 6.10. The van der Waals surface area contributed by atoms with Gasteiger partial charge in [-0.2, -0.15) is 0 Å². The molecule has 1 aromatic rings. The smallest absolute Gasteiger partial charge is 0.0712 e. The van der Waals surface area contributed by atoms with Crippen LogP contribution in [-0.2, 0) is 12.8 Å². The zero-order valence-corrected chi connectivity index (χ0v) is 11.0. The second kappa shape index (κ2) is 4.55. The van der Waals surface area contributed by atoms with Gasteiger partial charge in [0.2, 0.25) is 0 Å². The Hall–Kier alpha value is -1.08. The molecular weight excluding hydrogens is 220 g/mol. The summed E-state index contributed by atoms with van der Waals surface area (Å²) in [6.07, 6.45) is 7.27. The summed E-state index contributed by atoms with van der Waals surface area (Å²) in [6.45, 7) is 4.20. The number of aliphatic hydroxyl groups is 1. The van der Waals surface area contributed by atoms with Gasteiger partial charge in [-0.3, -0.25) is 0 Å². The summed E-state index contributed by atoms with van der Waals surface area (Å²) in [5, 5.41) is 10.8. The fourth-order valence-electron chi connectivity index (χ4n) is 3.38. The molecule has 96 valence electrons. The molecule has 0 heterocycles. The maximum atomic E-state index is 10.8. The average molecular weight is 242 g/mol. The van der Waals surface area contributed by atoms with E-state index in [9.17, 15) is 5.11 Å². The molecule has 0 radical (unpaired) electrons. The highest BCUT2D eigenvalue weighted by Crippen LogP contribution is 2.46. The Kier molecular flexibility index (Phi) is 3.03. The van der Waals surface area contributed by atoms with Crippen LogP contribution >= 0.6 is 0 Å². The van der Waals surface area contributed by atoms with Crippen molar-refractivity contribution in [3.63, 3.8) is 0 Å². The fourth-order valence-corrected chi connectivity index (χ4v) is 3.38. The molecule has 0 aromatic heterocycles. The summed E-state index contributed by atoms with van der Waals surface area (Å²) in [5.41, 5.74) is 3.58. The number of hydrogen-bond donors (Lipinski definition) is 1. The first-order chi connectivity index (χ1) is 8.67. The van der Waals surface area contributed by atoms with Crippen molar-refractivity contribution in [3.05, 3.63) is 47.5 Å². The van der Waals surface area contributed by atoms with E-state index in [-0.39, 0.29) is 0 Å². The van der Waals surface area contributed by atoms with Gasteiger partial charge in [0.05, 0.1) is 5.60 Å². The molecule has 2 aliphatic rings. The molecule has 1 atom stereocenters. The number of hydrogen-bond acceptors (Lipinski definition) is 1. The van der Waals surface area contributed by atoms with E-state index in [0.29, 0.717) is 5.92 Å². The van der Waals surface area contributed by atoms with Crippen LogP contribution in [0.25, 0.3) is 0 Å². The highest BCUT2D eigenvalue weighted by atomic mass is 16.3. The van der Waals surface area contributed by atoms with Gasteiger partial charge in [-0.25, -0.2) is 0 Å². The minimum absolute atomic E-state index is 0.459. The highest BCUT2D eigenvalue weighted by molar-refractivity contribution is 5.31. The lowest BCUT2D eigenvalue weighted by atomic mass is 9.85. The van der Waals surface area contributed by atoms with E-state index in [0.717, 1.165) is 32.1 Å². The standard InChI is InChI=1S/C17H22O/c1-13-11-15-6-3-2-5-14(15)7-4-10-17(18,12-13)16-8-9-16/h2-3,5-6,16,18H,1,4,7-12H2. The second-order valence-corrected chi connectivity index (χ2v) is 6.10. The average Bonchev–Trinajstić information content (AvgIpc) is 3.14. The van der Waals surface area contributed by atoms with E-state index in [1.165, 1.54) is 29.5 Å². The van der Waals surface area contributed by atoms with E-state index >= 15 is 0 Å². The number of aryl methyl sites for hydroxylation is 1. The summed E-state index contributed by atoms with van der Waals surface area (Å²) in [4.78, 5) is 0. The minimum atomic E-state index is -0.459. The molecular formula is C17H22O. The molecule has 1 nitrogen and oxygen atoms in total. The number of rotatable bonds is 1. The van der Waals surface area contributed by atoms with Crippen LogP contribution in [0.2, 0.25) is 0 Å². The van der Waals surface area contributed by atoms with E-state index in [1.807, 2.05) is 0 Å². The molecule has 3 rings (SSSR count). The number of fused-ring (bicyclic) bond motifs is 1. The van der Waals surface area contributed by atoms with Crippen molar-refractivity contribution < 1.29 is 5.11 Å². The lowest BCUT2D eigenvalue weighted by molar-refractivity contribution is 0.00758. The molecule has 0 saturated heterocycles. The Morgan fingerprint density at radius 1 is 1.17 bits per heavy atom. The predicted octanol–water partition coefficient (Wildman–Crippen LogP) is 3.65. The van der Waals surface area contributed by atoms with Gasteiger partial charge < -0.3 is 5.11 Å². The third-order valence-corrected chi connectivity index (χ3v) is 4.51. The predicted molar refractivity (Wildman–Crippen MR) is 74.5 cm³/mol. The molecule has 1 fully saturated rings. The third-order valence-electron chi connectivity index (χ3n) is 4.51. The summed E-state index contributed by atoms with van der Waals surface area (Å²) < 4.78 is 0. The van der Waals surface area contributed by atoms with Crippen molar-refractivity contribution in [2.24, 2.45) is 5.92 Å². The Morgan fingerprint density at radius 2 is 1.89 bits per heavy atom. The van der Waals surface area contributed by atoms with Crippen molar-refractivity contribution in [2.45, 2.75) is 50.5 Å². The molecule has 1 unspecified atom stereocenters. The van der Waals surface area contributed by atoms with Gasteiger partial charge in [0, 0.05) is 0 Å². The van der Waals surface area contributed by atoms with Crippen molar-refractivity contribution in [1.29, 1.82) is 0 Å². The van der Waals surface area contributed by atoms with E-state index < -0.39 is 5.60 Å². The van der Waals surface area contributed by atoms with Gasteiger partial charge in [-0.15, -0.1) is 0 Å². The monoisotopic (exact) mass is 242 g/mol. The van der Waals surface area contributed by atoms with Crippen molar-refractivity contribution in [1.82, 2.24) is 0 Å². The zero-order valence-electron chi connectivity index (χ0n) is 11.0. The first kappa shape index (κ1) is 12.0. The molecule has 1 saturated carbocycles. The third kappa shape index (κ3) is 2.37. The summed E-state index contributed by atoms with van der Waals surface area (Å²) in [7, 11) is 0. The first-order valence-corrected chi connectivity index (χ1v) is 7.13. The molecule has 1 N–H and O–H groups in total. The lowest BCUT2D eigenvalue weighted by Gasteiger charge is -2.28. The van der Waals surface area contributed by atoms with E-state index in [2.05, 4.69) is 30.8 Å². The van der Waals surface area contributed by atoms with Crippen molar-refractivity contribution >= 4 is 0 Å². The molecule has 2 aliphatic carbocycles. The molecule has 0 bridgehead atoms. The largest absolute Gasteiger partial charge is 0.389 e. The maximum Gasteiger partial charge on any atom is 0.0712 e. The van der Waals surface area contributed by atoms with Gasteiger partial charge in [0.1, 0.15) is 0 Å². The van der Waals surface area contributed by atoms with E-state index in [1.54, 1.807) is 0 Å². The van der Waals surface area contributed by atoms with E-state index in [4.69, 9.17) is 0 Å². The van der Waals surface area contributed by atoms with Crippen LogP contribution in [0.1, 0.15) is 43.2 Å². The number of benzene rings is 1. The van der Waals surface area contributed by atoms with Crippen LogP contribution in [0.3, 0.4) is 0 Å². The quantitative estimate of drug-likeness (QED) is 0.745. The molecule has 0 aliphatic heterocycles. The SMILES string of the molecule is C=C1Cc2ccccc2CCCC(O)(C2CC2)C1. The molecule has 0 spiro atoms. The Labute approximate surface area is 110 Å². The van der Waals surface area contributed by atoms with Crippen molar-refractivity contribution in [3.8, 4) is 0 Å². The van der Waals surface area contributed by atoms with Crippen LogP contribution in [0, 0.1) is 5.92 Å². The minimum Gasteiger partial charge on any atom is -0.389 e. The summed E-state index contributed by atoms with van der Waals surface area (Å²) >= 11 is 0. The molecule has 1 heteroatoms. The maximum absolute atomic E-state index is 10.8. The van der Waals surface area contributed by atoms with Gasteiger partial charge in [-0.1, -0.05) is 36.4 Å². The van der Waals surface area contributed by atoms with Gasteiger partial charge in [0.15, 0.2) is 0 Å². The van der Waals surface area contributed by atoms with Crippen molar-refractivity contribution in [2.75, 3.05) is 0 Å². The first-order valence-electron chi connectivity index (χ1n) is 7.13. The fraction of sp³-hybridized carbons (Fsp3) is 0.529. The lowest BCUT2D eigenvalue weighted by Crippen LogP contribution is -2.32. The van der Waals surface area contributed by atoms with Gasteiger partial charge in [-0.05, 0) is 62.0 Å². The van der Waals surface area contributed by atoms with Crippen LogP contribution in [0.15, 0.2) is 36.4 Å². The Bertz CT molecular complexity index is 458. The van der Waals surface area contributed by atoms with Crippen LogP contribution in [0.4, 0.5) is 0 Å². The molecule has 18 heavy (non-hydrogen) atoms. The Balaban J connectivity index is 1.84. The Morgan fingerprint density at radius 3 is 2.61 bits per heavy atom. The van der Waals surface area contributed by atoms with Crippen LogP contribution < -0.4 is 0 Å². The van der Waals surface area contributed by atoms with Crippen LogP contribution in [-0.4, -0.2) is 10.7 Å². The highest BCUT2D eigenvalue weighted by Gasteiger charge is 2.43. The molecule has 0 amide bonds. The topological polar surface area (TPSA) is 20.2 Å².